The zero-order valence-electron chi connectivity index (χ0n) is 8.37. The van der Waals surface area contributed by atoms with Crippen LogP contribution in [0.3, 0.4) is 0 Å². The first-order valence-electron chi connectivity index (χ1n) is 4.27. The second-order valence-electron chi connectivity index (χ2n) is 2.91. The summed E-state index contributed by atoms with van der Waals surface area (Å²) in [5.41, 5.74) is 1.15. The Balaban J connectivity index is 2.75. The van der Waals surface area contributed by atoms with Crippen LogP contribution in [0.2, 0.25) is 0 Å². The Morgan fingerprint density at radius 1 is 1.46 bits per heavy atom. The highest BCUT2D eigenvalue weighted by atomic mass is 16.5. The number of methoxy groups -OCH3 is 1. The van der Waals surface area contributed by atoms with Crippen LogP contribution in [0.4, 0.5) is 5.69 Å². The van der Waals surface area contributed by atoms with Crippen molar-refractivity contribution in [2.75, 3.05) is 32.8 Å². The number of anilines is 1. The fourth-order valence-corrected chi connectivity index (χ4v) is 1.18. The van der Waals surface area contributed by atoms with Gasteiger partial charge < -0.3 is 15.0 Å². The zero-order valence-corrected chi connectivity index (χ0v) is 8.37. The van der Waals surface area contributed by atoms with E-state index >= 15 is 0 Å². The van der Waals surface area contributed by atoms with Crippen molar-refractivity contribution in [3.8, 4) is 5.75 Å². The maximum absolute atomic E-state index is 5.14. The van der Waals surface area contributed by atoms with E-state index < -0.39 is 0 Å². The highest BCUT2D eigenvalue weighted by Gasteiger charge is 1.99. The van der Waals surface area contributed by atoms with Crippen LogP contribution < -0.4 is 15.0 Å². The highest BCUT2D eigenvalue weighted by Crippen LogP contribution is 2.18. The summed E-state index contributed by atoms with van der Waals surface area (Å²) >= 11 is 0. The minimum atomic E-state index is 0.827. The first kappa shape index (κ1) is 9.86. The molecule has 0 fully saturated rings. The van der Waals surface area contributed by atoms with E-state index in [1.165, 1.54) is 0 Å². The normalized spacial score (nSPS) is 9.77. The molecule has 0 radical (unpaired) electrons. The molecule has 0 heterocycles. The quantitative estimate of drug-likeness (QED) is 0.707. The van der Waals surface area contributed by atoms with Gasteiger partial charge in [0, 0.05) is 18.8 Å². The van der Waals surface area contributed by atoms with Crippen LogP contribution in [0.25, 0.3) is 0 Å². The highest BCUT2D eigenvalue weighted by molar-refractivity contribution is 5.49. The number of benzene rings is 1. The number of nitrogens with one attached hydrogen (secondary N) is 1. The molecule has 1 N–H and O–H groups in total. The third-order valence-electron chi connectivity index (χ3n) is 1.89. The van der Waals surface area contributed by atoms with Crippen LogP contribution in [0.1, 0.15) is 0 Å². The van der Waals surface area contributed by atoms with Crippen molar-refractivity contribution >= 4 is 5.69 Å². The molecule has 0 aliphatic carbocycles. The Morgan fingerprint density at radius 2 is 2.23 bits per heavy atom. The molecular formula is C10H16N2O. The molecule has 0 saturated heterocycles. The molecule has 0 amide bonds. The van der Waals surface area contributed by atoms with E-state index in [4.69, 9.17) is 4.74 Å². The molecule has 0 saturated carbocycles. The second-order valence-corrected chi connectivity index (χ2v) is 2.91. The summed E-state index contributed by atoms with van der Waals surface area (Å²) in [6, 6.07) is 7.99. The lowest BCUT2D eigenvalue weighted by atomic mass is 10.3. The molecule has 0 aliphatic heterocycles. The Labute approximate surface area is 79.3 Å². The van der Waals surface area contributed by atoms with Gasteiger partial charge in [0.1, 0.15) is 5.75 Å². The van der Waals surface area contributed by atoms with Gasteiger partial charge in [-0.1, -0.05) is 6.07 Å². The Bertz CT molecular complexity index is 263. The van der Waals surface area contributed by atoms with Crippen molar-refractivity contribution in [3.05, 3.63) is 24.3 Å². The van der Waals surface area contributed by atoms with Crippen LogP contribution in [-0.2, 0) is 0 Å². The number of hydrogen-bond acceptors (Lipinski definition) is 3. The summed E-state index contributed by atoms with van der Waals surface area (Å²) in [5.74, 6) is 0.889. The van der Waals surface area contributed by atoms with Crippen LogP contribution in [-0.4, -0.2) is 27.9 Å². The molecule has 3 nitrogen and oxygen atoms in total. The van der Waals surface area contributed by atoms with E-state index in [2.05, 4.69) is 16.3 Å². The number of hydrogen-bond donors (Lipinski definition) is 1. The van der Waals surface area contributed by atoms with Gasteiger partial charge in [-0.3, -0.25) is 0 Å². The molecule has 1 aromatic rings. The molecule has 0 atom stereocenters. The lowest BCUT2D eigenvalue weighted by molar-refractivity contribution is 0.415. The van der Waals surface area contributed by atoms with Gasteiger partial charge >= 0.3 is 0 Å². The monoisotopic (exact) mass is 180 g/mol. The molecular weight excluding hydrogens is 164 g/mol. The Morgan fingerprint density at radius 3 is 2.85 bits per heavy atom. The summed E-state index contributed by atoms with van der Waals surface area (Å²) in [4.78, 5) is 2.11. The van der Waals surface area contributed by atoms with Crippen LogP contribution in [0, 0.1) is 0 Å². The maximum Gasteiger partial charge on any atom is 0.120 e. The summed E-state index contributed by atoms with van der Waals surface area (Å²) in [5, 5.41) is 3.09. The SMILES string of the molecule is CNCN(C)c1cccc(OC)c1. The number of ether oxygens (including phenoxy) is 1. The van der Waals surface area contributed by atoms with E-state index in [0.717, 1.165) is 18.1 Å². The minimum absolute atomic E-state index is 0.827. The molecule has 0 bridgehead atoms. The third kappa shape index (κ3) is 2.63. The van der Waals surface area contributed by atoms with Gasteiger partial charge in [0.15, 0.2) is 0 Å². The molecule has 1 rings (SSSR count). The van der Waals surface area contributed by atoms with E-state index in [-0.39, 0.29) is 0 Å². The van der Waals surface area contributed by atoms with Crippen molar-refractivity contribution < 1.29 is 4.74 Å². The number of nitrogens with zero attached hydrogens (tertiary/aromatic N) is 1. The smallest absolute Gasteiger partial charge is 0.120 e. The van der Waals surface area contributed by atoms with E-state index in [1.54, 1.807) is 7.11 Å². The van der Waals surface area contributed by atoms with E-state index in [1.807, 2.05) is 32.3 Å². The molecule has 13 heavy (non-hydrogen) atoms. The van der Waals surface area contributed by atoms with Gasteiger partial charge in [0.2, 0.25) is 0 Å². The summed E-state index contributed by atoms with van der Waals surface area (Å²) < 4.78 is 5.14. The molecule has 1 aromatic carbocycles. The van der Waals surface area contributed by atoms with Gasteiger partial charge in [-0.25, -0.2) is 0 Å². The van der Waals surface area contributed by atoms with E-state index in [9.17, 15) is 0 Å². The fourth-order valence-electron chi connectivity index (χ4n) is 1.18. The largest absolute Gasteiger partial charge is 0.497 e. The predicted molar refractivity (Wildman–Crippen MR) is 55.3 cm³/mol. The lowest BCUT2D eigenvalue weighted by Gasteiger charge is -2.18. The first-order chi connectivity index (χ1) is 6.27. The maximum atomic E-state index is 5.14. The first-order valence-corrected chi connectivity index (χ1v) is 4.27. The molecule has 0 unspecified atom stereocenters. The molecule has 3 heteroatoms. The average molecular weight is 180 g/mol. The number of rotatable bonds is 4. The zero-order chi connectivity index (χ0) is 9.68. The summed E-state index contributed by atoms with van der Waals surface area (Å²) in [7, 11) is 5.64. The molecule has 0 aliphatic rings. The van der Waals surface area contributed by atoms with Gasteiger partial charge in [0.05, 0.1) is 13.8 Å². The second kappa shape index (κ2) is 4.72. The topological polar surface area (TPSA) is 24.5 Å². The van der Waals surface area contributed by atoms with Gasteiger partial charge in [0.25, 0.3) is 0 Å². The minimum Gasteiger partial charge on any atom is -0.497 e. The van der Waals surface area contributed by atoms with Gasteiger partial charge in [-0.2, -0.15) is 0 Å². The Kier molecular flexibility index (Phi) is 3.58. The lowest BCUT2D eigenvalue weighted by Crippen LogP contribution is -2.28. The van der Waals surface area contributed by atoms with Gasteiger partial charge in [-0.15, -0.1) is 0 Å². The summed E-state index contributed by atoms with van der Waals surface area (Å²) in [6.07, 6.45) is 0. The van der Waals surface area contributed by atoms with Crippen molar-refractivity contribution in [1.29, 1.82) is 0 Å². The average Bonchev–Trinajstić information content (AvgIpc) is 2.18. The van der Waals surface area contributed by atoms with Gasteiger partial charge in [-0.05, 0) is 19.2 Å². The van der Waals surface area contributed by atoms with Crippen LogP contribution in [0.5, 0.6) is 5.75 Å². The fraction of sp³-hybridized carbons (Fsp3) is 0.400. The molecule has 0 spiro atoms. The standard InChI is InChI=1S/C10H16N2O/c1-11-8-12(2)9-5-4-6-10(7-9)13-3/h4-7,11H,8H2,1-3H3. The van der Waals surface area contributed by atoms with Crippen molar-refractivity contribution in [2.45, 2.75) is 0 Å². The van der Waals surface area contributed by atoms with Crippen LogP contribution >= 0.6 is 0 Å². The Hall–Kier alpha value is -1.22. The van der Waals surface area contributed by atoms with Crippen molar-refractivity contribution in [3.63, 3.8) is 0 Å². The molecule has 0 aromatic heterocycles. The third-order valence-corrected chi connectivity index (χ3v) is 1.89. The van der Waals surface area contributed by atoms with Crippen molar-refractivity contribution in [2.24, 2.45) is 0 Å². The van der Waals surface area contributed by atoms with Crippen LogP contribution in [0.15, 0.2) is 24.3 Å². The predicted octanol–water partition coefficient (Wildman–Crippen LogP) is 1.31. The molecule has 72 valence electrons. The van der Waals surface area contributed by atoms with Crippen molar-refractivity contribution in [1.82, 2.24) is 5.32 Å². The summed E-state index contributed by atoms with van der Waals surface area (Å²) in [6.45, 7) is 0.827. The van der Waals surface area contributed by atoms with E-state index in [0.29, 0.717) is 0 Å².